The average Bonchev–Trinajstić information content (AvgIpc) is 2.37. The van der Waals surface area contributed by atoms with Gasteiger partial charge >= 0.3 is 6.29 Å². The maximum atomic E-state index is 10.2. The summed E-state index contributed by atoms with van der Waals surface area (Å²) in [5, 5.41) is 20.4. The van der Waals surface area contributed by atoms with Gasteiger partial charge in [-0.05, 0) is 12.1 Å². The van der Waals surface area contributed by atoms with Crippen LogP contribution in [0, 0.1) is 20.2 Å². The lowest BCUT2D eigenvalue weighted by molar-refractivity contribution is -0.773. The number of nitro groups is 2. The second kappa shape index (κ2) is 2.99. The van der Waals surface area contributed by atoms with Gasteiger partial charge in [0, 0.05) is 12.4 Å². The smallest absolute Gasteiger partial charge is 0.257 e. The van der Waals surface area contributed by atoms with Gasteiger partial charge in [0.2, 0.25) is 0 Å². The molecule has 0 fully saturated rings. The highest BCUT2D eigenvalue weighted by Gasteiger charge is 2.32. The Bertz CT molecular complexity index is 280. The van der Waals surface area contributed by atoms with Crippen molar-refractivity contribution in [3.63, 3.8) is 0 Å². The highest BCUT2D eigenvalue weighted by molar-refractivity contribution is 4.90. The first kappa shape index (κ1) is 8.18. The molecule has 0 aromatic carbocycles. The second-order valence-electron chi connectivity index (χ2n) is 2.05. The maximum Gasteiger partial charge on any atom is 0.539 e. The predicted molar refractivity (Wildman–Crippen MR) is 37.5 cm³/mol. The van der Waals surface area contributed by atoms with Crippen molar-refractivity contribution in [2.45, 2.75) is 6.29 Å². The molecule has 0 N–H and O–H groups in total. The lowest BCUT2D eigenvalue weighted by atomic mass is 10.7. The molecule has 0 aliphatic heterocycles. The van der Waals surface area contributed by atoms with Gasteiger partial charge in [-0.3, -0.25) is 20.2 Å². The molecule has 12 heavy (non-hydrogen) atoms. The maximum absolute atomic E-state index is 10.2. The van der Waals surface area contributed by atoms with Crippen molar-refractivity contribution in [3.05, 3.63) is 44.8 Å². The van der Waals surface area contributed by atoms with Crippen LogP contribution >= 0.6 is 0 Å². The summed E-state index contributed by atoms with van der Waals surface area (Å²) in [5.41, 5.74) is 0. The molecule has 0 spiro atoms. The zero-order valence-corrected chi connectivity index (χ0v) is 5.86. The Morgan fingerprint density at radius 1 is 1.08 bits per heavy atom. The molecule has 1 aromatic heterocycles. The van der Waals surface area contributed by atoms with Crippen molar-refractivity contribution in [2.75, 3.05) is 0 Å². The first-order chi connectivity index (χ1) is 5.63. The minimum atomic E-state index is -1.92. The van der Waals surface area contributed by atoms with Gasteiger partial charge in [0.05, 0.1) is 0 Å². The van der Waals surface area contributed by atoms with E-state index >= 15 is 0 Å². The van der Waals surface area contributed by atoms with E-state index in [2.05, 4.69) is 0 Å². The summed E-state index contributed by atoms with van der Waals surface area (Å²) in [6, 6.07) is 2.97. The molecule has 1 aromatic rings. The monoisotopic (exact) mass is 171 g/mol. The van der Waals surface area contributed by atoms with Crippen molar-refractivity contribution < 1.29 is 9.85 Å². The van der Waals surface area contributed by atoms with Crippen LogP contribution in [0.15, 0.2) is 24.5 Å². The van der Waals surface area contributed by atoms with Gasteiger partial charge < -0.3 is 0 Å². The van der Waals surface area contributed by atoms with Crippen LogP contribution in [0.3, 0.4) is 0 Å². The minimum absolute atomic E-state index is 0.917. The molecule has 0 unspecified atom stereocenters. The number of hydrogen-bond acceptors (Lipinski definition) is 4. The van der Waals surface area contributed by atoms with Crippen molar-refractivity contribution in [1.82, 2.24) is 4.57 Å². The second-order valence-corrected chi connectivity index (χ2v) is 2.05. The third-order valence-corrected chi connectivity index (χ3v) is 1.27. The number of nitrogens with zero attached hydrogens (tertiary/aromatic N) is 3. The van der Waals surface area contributed by atoms with E-state index in [9.17, 15) is 20.2 Å². The van der Waals surface area contributed by atoms with E-state index in [-0.39, 0.29) is 0 Å². The lowest BCUT2D eigenvalue weighted by Crippen LogP contribution is -2.24. The van der Waals surface area contributed by atoms with Crippen LogP contribution in [0.1, 0.15) is 6.29 Å². The standard InChI is InChI=1S/C5H5N3O4/c9-7(10)5(8(11)12)6-3-1-2-4-6/h1-5H. The summed E-state index contributed by atoms with van der Waals surface area (Å²) < 4.78 is 0.917. The molecular weight excluding hydrogens is 166 g/mol. The minimum Gasteiger partial charge on any atom is -0.257 e. The first-order valence-electron chi connectivity index (χ1n) is 3.02. The average molecular weight is 171 g/mol. The molecule has 7 nitrogen and oxygen atoms in total. The molecular formula is C5H5N3O4. The summed E-state index contributed by atoms with van der Waals surface area (Å²) in [4.78, 5) is 18.4. The molecule has 7 heteroatoms. The van der Waals surface area contributed by atoms with Gasteiger partial charge in [-0.15, -0.1) is 0 Å². The molecule has 1 rings (SSSR count). The van der Waals surface area contributed by atoms with Gasteiger partial charge in [-0.25, -0.2) is 4.57 Å². The highest BCUT2D eigenvalue weighted by Crippen LogP contribution is 2.07. The molecule has 64 valence electrons. The van der Waals surface area contributed by atoms with Crippen LogP contribution < -0.4 is 0 Å². The van der Waals surface area contributed by atoms with Crippen LogP contribution in [-0.2, 0) is 0 Å². The summed E-state index contributed by atoms with van der Waals surface area (Å²) in [7, 11) is 0. The van der Waals surface area contributed by atoms with E-state index in [0.29, 0.717) is 0 Å². The topological polar surface area (TPSA) is 91.2 Å². The Labute approximate surface area is 66.5 Å². The van der Waals surface area contributed by atoms with Crippen LogP contribution in [0.25, 0.3) is 0 Å². The molecule has 0 aliphatic carbocycles. The lowest BCUT2D eigenvalue weighted by Gasteiger charge is -2.01. The van der Waals surface area contributed by atoms with Crippen LogP contribution in [0.4, 0.5) is 0 Å². The summed E-state index contributed by atoms with van der Waals surface area (Å²) >= 11 is 0. The van der Waals surface area contributed by atoms with Gasteiger partial charge in [-0.2, -0.15) is 0 Å². The SMILES string of the molecule is O=[N+]([O-])C(n1cccc1)[N+](=O)[O-]. The van der Waals surface area contributed by atoms with Crippen molar-refractivity contribution in [3.8, 4) is 0 Å². The van der Waals surface area contributed by atoms with Gasteiger partial charge in [0.1, 0.15) is 9.85 Å². The van der Waals surface area contributed by atoms with Gasteiger partial charge in [-0.1, -0.05) is 0 Å². The fraction of sp³-hybridized carbons (Fsp3) is 0.200. The molecule has 0 saturated carbocycles. The fourth-order valence-corrected chi connectivity index (χ4v) is 0.797. The van der Waals surface area contributed by atoms with E-state index in [1.807, 2.05) is 0 Å². The fourth-order valence-electron chi connectivity index (χ4n) is 0.797. The quantitative estimate of drug-likeness (QED) is 0.376. The molecule has 1 heterocycles. The van der Waals surface area contributed by atoms with E-state index in [1.165, 1.54) is 24.5 Å². The van der Waals surface area contributed by atoms with Crippen molar-refractivity contribution in [1.29, 1.82) is 0 Å². The van der Waals surface area contributed by atoms with Crippen molar-refractivity contribution in [2.24, 2.45) is 0 Å². The van der Waals surface area contributed by atoms with Crippen LogP contribution in [0.2, 0.25) is 0 Å². The Hall–Kier alpha value is -1.92. The van der Waals surface area contributed by atoms with Gasteiger partial charge in [0.15, 0.2) is 0 Å². The summed E-state index contributed by atoms with van der Waals surface area (Å²) in [6.07, 6.45) is 0.631. The molecule has 0 amide bonds. The Kier molecular flexibility index (Phi) is 2.04. The van der Waals surface area contributed by atoms with Crippen LogP contribution in [-0.4, -0.2) is 14.4 Å². The van der Waals surface area contributed by atoms with E-state index < -0.39 is 16.1 Å². The molecule has 0 atom stereocenters. The molecule has 0 saturated heterocycles. The molecule has 0 bridgehead atoms. The normalized spacial score (nSPS) is 10.1. The Morgan fingerprint density at radius 2 is 1.50 bits per heavy atom. The third kappa shape index (κ3) is 1.39. The Morgan fingerprint density at radius 3 is 1.83 bits per heavy atom. The van der Waals surface area contributed by atoms with E-state index in [1.54, 1.807) is 0 Å². The highest BCUT2D eigenvalue weighted by atomic mass is 16.7. The van der Waals surface area contributed by atoms with E-state index in [0.717, 1.165) is 4.57 Å². The summed E-state index contributed by atoms with van der Waals surface area (Å²) in [6.45, 7) is 0. The van der Waals surface area contributed by atoms with Crippen LogP contribution in [0.5, 0.6) is 0 Å². The zero-order chi connectivity index (χ0) is 9.14. The molecule has 0 radical (unpaired) electrons. The largest absolute Gasteiger partial charge is 0.539 e. The first-order valence-corrected chi connectivity index (χ1v) is 3.02. The zero-order valence-electron chi connectivity index (χ0n) is 5.86. The number of aromatic nitrogens is 1. The third-order valence-electron chi connectivity index (χ3n) is 1.27. The Balaban J connectivity index is 2.96. The number of rotatable bonds is 3. The number of hydrogen-bond donors (Lipinski definition) is 0. The van der Waals surface area contributed by atoms with Gasteiger partial charge in [0.25, 0.3) is 0 Å². The summed E-state index contributed by atoms with van der Waals surface area (Å²) in [5.74, 6) is 0. The van der Waals surface area contributed by atoms with Crippen molar-refractivity contribution >= 4 is 0 Å². The van der Waals surface area contributed by atoms with E-state index in [4.69, 9.17) is 0 Å². The molecule has 0 aliphatic rings. The predicted octanol–water partition coefficient (Wildman–Crippen LogP) is 0.498.